The van der Waals surface area contributed by atoms with Gasteiger partial charge in [0.25, 0.3) is 5.91 Å². The highest BCUT2D eigenvalue weighted by atomic mass is 35.5. The first-order valence-corrected chi connectivity index (χ1v) is 12.2. The van der Waals surface area contributed by atoms with Gasteiger partial charge in [0.15, 0.2) is 11.5 Å². The molecule has 0 radical (unpaired) electrons. The summed E-state index contributed by atoms with van der Waals surface area (Å²) in [7, 11) is 0. The van der Waals surface area contributed by atoms with E-state index in [4.69, 9.17) is 25.8 Å². The van der Waals surface area contributed by atoms with Gasteiger partial charge in [-0.05, 0) is 35.9 Å². The molecule has 37 heavy (non-hydrogen) atoms. The maximum Gasteiger partial charge on any atom is 0.490 e. The molecule has 3 aliphatic heterocycles. The molecule has 2 aromatic carbocycles. The lowest BCUT2D eigenvalue weighted by molar-refractivity contribution is -0.206. The van der Waals surface area contributed by atoms with Crippen molar-refractivity contribution in [3.8, 4) is 11.5 Å². The number of benzene rings is 2. The van der Waals surface area contributed by atoms with E-state index in [-0.39, 0.29) is 25.8 Å². The van der Waals surface area contributed by atoms with Gasteiger partial charge in [-0.3, -0.25) is 14.6 Å². The molecule has 8 nitrogen and oxygen atoms in total. The lowest BCUT2D eigenvalue weighted by Gasteiger charge is -2.39. The van der Waals surface area contributed by atoms with Crippen LogP contribution in [0.15, 0.2) is 42.5 Å². The van der Waals surface area contributed by atoms with E-state index in [1.54, 1.807) is 18.2 Å². The Labute approximate surface area is 216 Å². The van der Waals surface area contributed by atoms with E-state index in [0.29, 0.717) is 48.3 Å². The number of hydrogen-bond acceptors (Lipinski definition) is 7. The molecule has 1 amide bonds. The summed E-state index contributed by atoms with van der Waals surface area (Å²) < 4.78 is 54.5. The first kappa shape index (κ1) is 25.6. The van der Waals surface area contributed by atoms with Crippen molar-refractivity contribution < 1.29 is 37.0 Å². The van der Waals surface area contributed by atoms with Crippen LogP contribution in [-0.4, -0.2) is 91.0 Å². The van der Waals surface area contributed by atoms with Crippen LogP contribution < -0.4 is 9.47 Å². The van der Waals surface area contributed by atoms with Crippen LogP contribution in [0.1, 0.15) is 15.9 Å². The molecule has 2 aromatic rings. The van der Waals surface area contributed by atoms with E-state index in [0.717, 1.165) is 12.1 Å². The molecular formula is C25H25ClF3N3O5. The minimum atomic E-state index is -5.11. The number of alkyl halides is 3. The first-order chi connectivity index (χ1) is 17.7. The minimum absolute atomic E-state index is 0.0538. The quantitative estimate of drug-likeness (QED) is 0.541. The molecule has 198 valence electrons. The molecular weight excluding hydrogens is 515 g/mol. The Kier molecular flexibility index (Phi) is 7.19. The summed E-state index contributed by atoms with van der Waals surface area (Å²) in [5.74, 6) is -1.68. The Morgan fingerprint density at radius 1 is 0.973 bits per heavy atom. The van der Waals surface area contributed by atoms with Crippen LogP contribution in [0, 0.1) is 0 Å². The average Bonchev–Trinajstić information content (AvgIpc) is 3.52. The predicted octanol–water partition coefficient (Wildman–Crippen LogP) is 3.19. The van der Waals surface area contributed by atoms with Crippen LogP contribution in [0.4, 0.5) is 13.2 Å². The largest absolute Gasteiger partial charge is 0.490 e. The van der Waals surface area contributed by atoms with Gasteiger partial charge in [0, 0.05) is 49.9 Å². The van der Waals surface area contributed by atoms with Gasteiger partial charge in [-0.1, -0.05) is 23.7 Å². The van der Waals surface area contributed by atoms with E-state index >= 15 is 0 Å². The van der Waals surface area contributed by atoms with Gasteiger partial charge < -0.3 is 19.1 Å². The molecule has 0 bridgehead atoms. The van der Waals surface area contributed by atoms with Gasteiger partial charge in [0.1, 0.15) is 6.10 Å². The molecule has 2 fully saturated rings. The van der Waals surface area contributed by atoms with Crippen molar-refractivity contribution in [2.24, 2.45) is 0 Å². The molecule has 3 heterocycles. The lowest BCUT2D eigenvalue weighted by atomic mass is 10.1. The third-order valence-corrected chi connectivity index (χ3v) is 7.08. The summed E-state index contributed by atoms with van der Waals surface area (Å²) in [5, 5.41) is 0.661. The van der Waals surface area contributed by atoms with Crippen molar-refractivity contribution >= 4 is 23.5 Å². The standard InChI is InChI=1S/C25H25ClF3N3O5/c26-18-4-1-16(2-5-18)12-30-7-9-31(10-8-30)19-13-32(14-22(19)37-24(34)25(27,28)29)23(33)17-3-6-20-21(11-17)36-15-35-20/h1-6,11,19,22H,7-10,12-15H2/t19-,22-/m0/s1. The Morgan fingerprint density at radius 2 is 1.68 bits per heavy atom. The Balaban J connectivity index is 1.26. The molecule has 0 spiro atoms. The van der Waals surface area contributed by atoms with Crippen LogP contribution >= 0.6 is 11.6 Å². The van der Waals surface area contributed by atoms with Gasteiger partial charge in [-0.15, -0.1) is 0 Å². The summed E-state index contributed by atoms with van der Waals surface area (Å²) in [6.07, 6.45) is -6.22. The van der Waals surface area contributed by atoms with E-state index in [2.05, 4.69) is 4.90 Å². The maximum atomic E-state index is 13.2. The highest BCUT2D eigenvalue weighted by Crippen LogP contribution is 2.33. The number of amides is 1. The fourth-order valence-electron chi connectivity index (χ4n) is 4.91. The zero-order chi connectivity index (χ0) is 26.2. The topological polar surface area (TPSA) is 71.5 Å². The summed E-state index contributed by atoms with van der Waals surface area (Å²) in [4.78, 5) is 30.6. The SMILES string of the molecule is O=C(c1ccc2c(c1)OCO2)N1C[C@H](OC(=O)C(F)(F)F)[C@@H](N2CCN(Cc3ccc(Cl)cc3)CC2)C1. The summed E-state index contributed by atoms with van der Waals surface area (Å²) in [5.41, 5.74) is 1.43. The third-order valence-electron chi connectivity index (χ3n) is 6.83. The number of piperazine rings is 1. The highest BCUT2D eigenvalue weighted by Gasteiger charge is 2.47. The van der Waals surface area contributed by atoms with Crippen molar-refractivity contribution in [1.82, 2.24) is 14.7 Å². The second-order valence-corrected chi connectivity index (χ2v) is 9.66. The number of carbonyl (C=O) groups is 2. The van der Waals surface area contributed by atoms with Gasteiger partial charge in [0.2, 0.25) is 6.79 Å². The normalized spacial score (nSPS) is 22.3. The number of hydrogen-bond donors (Lipinski definition) is 0. The minimum Gasteiger partial charge on any atom is -0.454 e. The number of carbonyl (C=O) groups excluding carboxylic acids is 2. The highest BCUT2D eigenvalue weighted by molar-refractivity contribution is 6.30. The van der Waals surface area contributed by atoms with E-state index in [1.165, 1.54) is 4.90 Å². The van der Waals surface area contributed by atoms with Gasteiger partial charge in [-0.25, -0.2) is 4.79 Å². The van der Waals surface area contributed by atoms with Crippen molar-refractivity contribution in [3.05, 3.63) is 58.6 Å². The molecule has 5 rings (SSSR count). The summed E-state index contributed by atoms with van der Waals surface area (Å²) >= 11 is 5.96. The molecule has 2 atom stereocenters. The number of rotatable bonds is 5. The van der Waals surface area contributed by atoms with Gasteiger partial charge in [0.05, 0.1) is 12.6 Å². The number of nitrogens with zero attached hydrogens (tertiary/aromatic N) is 3. The van der Waals surface area contributed by atoms with Crippen molar-refractivity contribution in [1.29, 1.82) is 0 Å². The smallest absolute Gasteiger partial charge is 0.454 e. The van der Waals surface area contributed by atoms with Crippen LogP contribution in [0.5, 0.6) is 11.5 Å². The lowest BCUT2D eigenvalue weighted by Crippen LogP contribution is -2.54. The molecule has 3 aliphatic rings. The Bertz CT molecular complexity index is 1160. The zero-order valence-electron chi connectivity index (χ0n) is 19.7. The Morgan fingerprint density at radius 3 is 2.38 bits per heavy atom. The zero-order valence-corrected chi connectivity index (χ0v) is 20.5. The molecule has 0 N–H and O–H groups in total. The number of fused-ring (bicyclic) bond motifs is 1. The number of likely N-dealkylation sites (tertiary alicyclic amines) is 1. The van der Waals surface area contributed by atoms with Crippen molar-refractivity contribution in [2.75, 3.05) is 46.1 Å². The third kappa shape index (κ3) is 5.78. The average molecular weight is 540 g/mol. The second-order valence-electron chi connectivity index (χ2n) is 9.23. The van der Waals surface area contributed by atoms with Crippen molar-refractivity contribution in [3.63, 3.8) is 0 Å². The van der Waals surface area contributed by atoms with Crippen LogP contribution in [0.3, 0.4) is 0 Å². The predicted molar refractivity (Wildman–Crippen MR) is 126 cm³/mol. The number of esters is 1. The summed E-state index contributed by atoms with van der Waals surface area (Å²) in [6.45, 7) is 3.25. The number of ether oxygens (including phenoxy) is 3. The molecule has 0 aliphatic carbocycles. The van der Waals surface area contributed by atoms with Crippen molar-refractivity contribution in [2.45, 2.75) is 24.9 Å². The molecule has 2 saturated heterocycles. The van der Waals surface area contributed by atoms with Gasteiger partial charge in [-0.2, -0.15) is 13.2 Å². The van der Waals surface area contributed by atoms with Gasteiger partial charge >= 0.3 is 12.1 Å². The first-order valence-electron chi connectivity index (χ1n) is 11.8. The summed E-state index contributed by atoms with van der Waals surface area (Å²) in [6, 6.07) is 11.8. The van der Waals surface area contributed by atoms with Crippen LogP contribution in [0.25, 0.3) is 0 Å². The Hall–Kier alpha value is -3.02. The van der Waals surface area contributed by atoms with Crippen LogP contribution in [-0.2, 0) is 16.1 Å². The van der Waals surface area contributed by atoms with Crippen LogP contribution in [0.2, 0.25) is 5.02 Å². The van der Waals surface area contributed by atoms with E-state index in [9.17, 15) is 22.8 Å². The number of halogens is 4. The van der Waals surface area contributed by atoms with E-state index in [1.807, 2.05) is 29.2 Å². The fraction of sp³-hybridized carbons (Fsp3) is 0.440. The maximum absolute atomic E-state index is 13.2. The monoisotopic (exact) mass is 539 g/mol. The molecule has 0 saturated carbocycles. The van der Waals surface area contributed by atoms with E-state index < -0.39 is 24.3 Å². The molecule has 12 heteroatoms. The molecule has 0 unspecified atom stereocenters. The fourth-order valence-corrected chi connectivity index (χ4v) is 5.03. The molecule has 0 aromatic heterocycles. The second kappa shape index (κ2) is 10.4.